The number of carboxylic acids is 2. The fourth-order valence-electron chi connectivity index (χ4n) is 2.84. The Hall–Kier alpha value is -4.74. The number of imide groups is 1. The van der Waals surface area contributed by atoms with Gasteiger partial charge in [-0.15, -0.1) is 0 Å². The smallest absolute Gasteiger partial charge is 0.337 e. The molecule has 0 saturated carbocycles. The predicted molar refractivity (Wildman–Crippen MR) is 113 cm³/mol. The fraction of sp³-hybridized carbons (Fsp3) is 0.143. The summed E-state index contributed by atoms with van der Waals surface area (Å²) in [5.74, 6) is -4.80. The normalized spacial score (nSPS) is 15.4. The summed E-state index contributed by atoms with van der Waals surface area (Å²) in [6, 6.07) is 9.88. The minimum atomic E-state index is -1.23. The predicted octanol–water partition coefficient (Wildman–Crippen LogP) is 2.31. The van der Waals surface area contributed by atoms with Gasteiger partial charge in [-0.05, 0) is 43.3 Å². The average molecular weight is 451 g/mol. The number of carbonyl (C=O) groups excluding carboxylic acids is 3. The number of hydrazone groups is 1. The first kappa shape index (κ1) is 22.9. The van der Waals surface area contributed by atoms with Crippen LogP contribution in [0.3, 0.4) is 0 Å². The molecule has 3 amide bonds. The highest BCUT2D eigenvalue weighted by Gasteiger charge is 2.38. The van der Waals surface area contributed by atoms with Crippen molar-refractivity contribution in [3.8, 4) is 0 Å². The van der Waals surface area contributed by atoms with Gasteiger partial charge in [0, 0.05) is 5.69 Å². The van der Waals surface area contributed by atoms with E-state index in [-0.39, 0.29) is 28.2 Å². The van der Waals surface area contributed by atoms with Crippen molar-refractivity contribution in [1.82, 2.24) is 5.01 Å². The molecule has 2 aromatic carbocycles. The molecule has 2 aromatic rings. The first-order valence-corrected chi connectivity index (χ1v) is 9.45. The van der Waals surface area contributed by atoms with Crippen LogP contribution >= 0.6 is 0 Å². The summed E-state index contributed by atoms with van der Waals surface area (Å²) in [6.45, 7) is 1.45. The fourth-order valence-corrected chi connectivity index (χ4v) is 2.84. The lowest BCUT2D eigenvalue weighted by molar-refractivity contribution is -0.144. The molecule has 0 radical (unpaired) electrons. The maximum absolute atomic E-state index is 12.6. The number of nitrogens with zero attached hydrogens (tertiary/aromatic N) is 4. The topological polar surface area (TPSA) is 178 Å². The summed E-state index contributed by atoms with van der Waals surface area (Å²) >= 11 is 0. The van der Waals surface area contributed by atoms with Crippen LogP contribution in [-0.4, -0.2) is 56.6 Å². The zero-order valence-electron chi connectivity index (χ0n) is 17.1. The van der Waals surface area contributed by atoms with E-state index in [0.29, 0.717) is 5.01 Å². The van der Waals surface area contributed by atoms with E-state index in [0.717, 1.165) is 0 Å². The van der Waals surface area contributed by atoms with Crippen LogP contribution in [0.5, 0.6) is 0 Å². The first-order chi connectivity index (χ1) is 15.7. The van der Waals surface area contributed by atoms with Crippen LogP contribution < -0.4 is 5.32 Å². The van der Waals surface area contributed by atoms with Crippen molar-refractivity contribution in [3.63, 3.8) is 0 Å². The molecule has 0 unspecified atom stereocenters. The lowest BCUT2D eigenvalue weighted by atomic mass is 10.2. The van der Waals surface area contributed by atoms with Crippen LogP contribution in [-0.2, 0) is 14.4 Å². The molecule has 0 aromatic heterocycles. The number of amides is 3. The molecule has 0 saturated heterocycles. The Balaban J connectivity index is 1.64. The van der Waals surface area contributed by atoms with Gasteiger partial charge in [0.15, 0.2) is 6.04 Å². The first-order valence-electron chi connectivity index (χ1n) is 9.45. The highest BCUT2D eigenvalue weighted by Crippen LogP contribution is 2.22. The number of nitrogens with one attached hydrogen (secondary N) is 1. The molecular formula is C21H17N5O7. The Morgan fingerprint density at radius 3 is 2.33 bits per heavy atom. The molecule has 0 spiro atoms. The van der Waals surface area contributed by atoms with Crippen LogP contribution in [0.2, 0.25) is 0 Å². The molecule has 0 bridgehead atoms. The third kappa shape index (κ3) is 5.31. The van der Waals surface area contributed by atoms with Crippen molar-refractivity contribution in [2.24, 2.45) is 15.3 Å². The third-order valence-electron chi connectivity index (χ3n) is 4.48. The molecule has 0 aliphatic carbocycles. The lowest BCUT2D eigenvalue weighted by Crippen LogP contribution is -2.36. The maximum Gasteiger partial charge on any atom is 0.337 e. The van der Waals surface area contributed by atoms with Crippen molar-refractivity contribution < 1.29 is 34.2 Å². The number of rotatable bonds is 7. The van der Waals surface area contributed by atoms with Crippen LogP contribution in [0.25, 0.3) is 0 Å². The molecule has 3 N–H and O–H groups in total. The van der Waals surface area contributed by atoms with E-state index in [4.69, 9.17) is 5.11 Å². The monoisotopic (exact) mass is 451 g/mol. The summed E-state index contributed by atoms with van der Waals surface area (Å²) in [5, 5.41) is 32.5. The SMILES string of the molecule is CC1=NN(C(=O)CC(=O)Nc2ccc(C(=O)O)cc2)C(=O)[C@@H]1N=Nc1ccccc1C(=O)O. The minimum absolute atomic E-state index is 0.0303. The molecule has 12 nitrogen and oxygen atoms in total. The highest BCUT2D eigenvalue weighted by atomic mass is 16.4. The van der Waals surface area contributed by atoms with Crippen LogP contribution in [0.1, 0.15) is 34.1 Å². The molecule has 1 aliphatic rings. The van der Waals surface area contributed by atoms with Gasteiger partial charge in [-0.25, -0.2) is 9.59 Å². The van der Waals surface area contributed by atoms with Crippen LogP contribution in [0.15, 0.2) is 63.9 Å². The van der Waals surface area contributed by atoms with E-state index in [9.17, 15) is 29.1 Å². The minimum Gasteiger partial charge on any atom is -0.478 e. The summed E-state index contributed by atoms with van der Waals surface area (Å²) in [7, 11) is 0. The quantitative estimate of drug-likeness (QED) is 0.427. The van der Waals surface area contributed by atoms with Gasteiger partial charge in [0.05, 0.1) is 22.5 Å². The molecule has 1 aliphatic heterocycles. The summed E-state index contributed by atoms with van der Waals surface area (Å²) in [6.07, 6.45) is -0.699. The van der Waals surface area contributed by atoms with E-state index >= 15 is 0 Å². The van der Waals surface area contributed by atoms with Gasteiger partial charge in [-0.3, -0.25) is 14.4 Å². The molecule has 0 fully saturated rings. The second kappa shape index (κ2) is 9.60. The van der Waals surface area contributed by atoms with E-state index in [2.05, 4.69) is 20.6 Å². The summed E-state index contributed by atoms with van der Waals surface area (Å²) in [4.78, 5) is 59.3. The Morgan fingerprint density at radius 1 is 1.03 bits per heavy atom. The Labute approximate surface area is 186 Å². The third-order valence-corrected chi connectivity index (χ3v) is 4.48. The molecule has 1 atom stereocenters. The Bertz CT molecular complexity index is 1200. The zero-order valence-corrected chi connectivity index (χ0v) is 17.1. The van der Waals surface area contributed by atoms with Crippen LogP contribution in [0.4, 0.5) is 11.4 Å². The van der Waals surface area contributed by atoms with Crippen molar-refractivity contribution in [1.29, 1.82) is 0 Å². The summed E-state index contributed by atoms with van der Waals surface area (Å²) < 4.78 is 0. The zero-order chi connectivity index (χ0) is 24.1. The van der Waals surface area contributed by atoms with Crippen molar-refractivity contribution in [2.45, 2.75) is 19.4 Å². The molecule has 33 heavy (non-hydrogen) atoms. The second-order valence-electron chi connectivity index (χ2n) is 6.83. The Morgan fingerprint density at radius 2 is 1.70 bits per heavy atom. The number of hydrogen-bond acceptors (Lipinski definition) is 8. The van der Waals surface area contributed by atoms with Gasteiger partial charge >= 0.3 is 11.9 Å². The molecular weight excluding hydrogens is 434 g/mol. The van der Waals surface area contributed by atoms with E-state index in [1.165, 1.54) is 49.4 Å². The van der Waals surface area contributed by atoms with E-state index in [1.807, 2.05) is 0 Å². The highest BCUT2D eigenvalue weighted by molar-refractivity contribution is 6.18. The van der Waals surface area contributed by atoms with Crippen molar-refractivity contribution in [2.75, 3.05) is 5.32 Å². The number of carbonyl (C=O) groups is 5. The molecule has 12 heteroatoms. The number of anilines is 1. The number of azo groups is 1. The number of carboxylic acid groups (broad SMARTS) is 2. The number of benzene rings is 2. The van der Waals surface area contributed by atoms with Gasteiger partial charge in [0.1, 0.15) is 6.42 Å². The molecule has 168 valence electrons. The van der Waals surface area contributed by atoms with Crippen molar-refractivity contribution >= 4 is 46.7 Å². The van der Waals surface area contributed by atoms with Gasteiger partial charge in [-0.1, -0.05) is 12.1 Å². The second-order valence-corrected chi connectivity index (χ2v) is 6.83. The van der Waals surface area contributed by atoms with Gasteiger partial charge < -0.3 is 15.5 Å². The van der Waals surface area contributed by atoms with Crippen molar-refractivity contribution in [3.05, 3.63) is 59.7 Å². The lowest BCUT2D eigenvalue weighted by Gasteiger charge is -2.11. The standard InChI is InChI=1S/C21H17N5O7/c1-11-18(24-23-15-5-3-2-4-14(15)21(32)33)19(29)26(25-11)17(28)10-16(27)22-13-8-6-12(7-9-13)20(30)31/h2-9,18H,10H2,1H3,(H,22,27)(H,30,31)(H,32,33)/t18-/m1/s1. The average Bonchev–Trinajstić information content (AvgIpc) is 3.06. The number of hydrogen-bond donors (Lipinski definition) is 3. The van der Waals surface area contributed by atoms with Gasteiger partial charge in [0.2, 0.25) is 5.91 Å². The van der Waals surface area contributed by atoms with Gasteiger partial charge in [0.25, 0.3) is 11.8 Å². The molecule has 1 heterocycles. The van der Waals surface area contributed by atoms with E-state index < -0.39 is 42.1 Å². The Kier molecular flexibility index (Phi) is 6.67. The number of aromatic carboxylic acids is 2. The summed E-state index contributed by atoms with van der Waals surface area (Å²) in [5.41, 5.74) is 0.372. The van der Waals surface area contributed by atoms with E-state index in [1.54, 1.807) is 6.07 Å². The largest absolute Gasteiger partial charge is 0.478 e. The molecule has 3 rings (SSSR count). The van der Waals surface area contributed by atoms with Crippen LogP contribution in [0, 0.1) is 0 Å². The maximum atomic E-state index is 12.6. The van der Waals surface area contributed by atoms with Gasteiger partial charge in [-0.2, -0.15) is 20.3 Å².